The van der Waals surface area contributed by atoms with Gasteiger partial charge in [-0.1, -0.05) is 60.7 Å². The molecule has 1 spiro atoms. The van der Waals surface area contributed by atoms with Crippen LogP contribution in [-0.4, -0.2) is 33.9 Å². The van der Waals surface area contributed by atoms with Gasteiger partial charge in [-0.25, -0.2) is 9.97 Å². The molecule has 2 aromatic carbocycles. The lowest BCUT2D eigenvalue weighted by Crippen LogP contribution is -2.61. The first-order valence-corrected chi connectivity index (χ1v) is 9.61. The highest BCUT2D eigenvalue weighted by Gasteiger charge is 2.52. The van der Waals surface area contributed by atoms with E-state index in [0.29, 0.717) is 26.1 Å². The minimum Gasteiger partial charge on any atom is -0.360 e. The van der Waals surface area contributed by atoms with Gasteiger partial charge in [0.1, 0.15) is 5.60 Å². The molecule has 5 rings (SSSR count). The van der Waals surface area contributed by atoms with Gasteiger partial charge in [0.25, 0.3) is 0 Å². The molecule has 1 saturated heterocycles. The number of carbonyl (C=O) groups excluding carboxylic acids is 1. The van der Waals surface area contributed by atoms with Crippen LogP contribution in [0.1, 0.15) is 23.2 Å². The zero-order valence-electron chi connectivity index (χ0n) is 15.5. The van der Waals surface area contributed by atoms with Crippen molar-refractivity contribution < 1.29 is 9.53 Å². The first-order valence-electron chi connectivity index (χ1n) is 9.61. The molecule has 0 saturated carbocycles. The maximum atomic E-state index is 12.5. The number of aromatic nitrogens is 2. The molecule has 140 valence electrons. The zero-order chi connectivity index (χ0) is 19.0. The molecule has 2 aliphatic rings. The SMILES string of the molecule is O=C(CCc1ccccc1)N1CC2(C1)OCc1nc(-c3ccccc3)ncc12. The van der Waals surface area contributed by atoms with Crippen molar-refractivity contribution >= 4 is 5.91 Å². The lowest BCUT2D eigenvalue weighted by molar-refractivity contribution is -0.168. The highest BCUT2D eigenvalue weighted by molar-refractivity contribution is 5.78. The van der Waals surface area contributed by atoms with Crippen LogP contribution in [0.2, 0.25) is 0 Å². The number of nitrogens with zero attached hydrogens (tertiary/aromatic N) is 3. The first kappa shape index (κ1) is 17.1. The van der Waals surface area contributed by atoms with Gasteiger partial charge < -0.3 is 9.64 Å². The second-order valence-corrected chi connectivity index (χ2v) is 7.44. The fourth-order valence-corrected chi connectivity index (χ4v) is 3.98. The summed E-state index contributed by atoms with van der Waals surface area (Å²) in [5, 5.41) is 0. The molecule has 1 amide bonds. The van der Waals surface area contributed by atoms with Crippen molar-refractivity contribution in [3.63, 3.8) is 0 Å². The monoisotopic (exact) mass is 371 g/mol. The van der Waals surface area contributed by atoms with Crippen LogP contribution >= 0.6 is 0 Å². The van der Waals surface area contributed by atoms with Gasteiger partial charge in [0.2, 0.25) is 5.91 Å². The molecule has 5 nitrogen and oxygen atoms in total. The van der Waals surface area contributed by atoms with E-state index in [4.69, 9.17) is 9.72 Å². The van der Waals surface area contributed by atoms with Crippen molar-refractivity contribution in [2.75, 3.05) is 13.1 Å². The summed E-state index contributed by atoms with van der Waals surface area (Å²) < 4.78 is 6.08. The molecule has 0 N–H and O–H groups in total. The van der Waals surface area contributed by atoms with Gasteiger partial charge in [-0.15, -0.1) is 0 Å². The van der Waals surface area contributed by atoms with E-state index >= 15 is 0 Å². The van der Waals surface area contributed by atoms with Gasteiger partial charge in [-0.05, 0) is 12.0 Å². The molecule has 0 unspecified atom stereocenters. The summed E-state index contributed by atoms with van der Waals surface area (Å²) in [6, 6.07) is 20.1. The number of carbonyl (C=O) groups is 1. The van der Waals surface area contributed by atoms with E-state index in [1.165, 1.54) is 5.56 Å². The molecule has 1 aromatic heterocycles. The fraction of sp³-hybridized carbons (Fsp3) is 0.261. The van der Waals surface area contributed by atoms with Crippen LogP contribution in [0.3, 0.4) is 0 Å². The van der Waals surface area contributed by atoms with E-state index in [0.717, 1.165) is 29.1 Å². The lowest BCUT2D eigenvalue weighted by Gasteiger charge is -2.47. The molecular weight excluding hydrogens is 350 g/mol. The molecule has 3 heterocycles. The van der Waals surface area contributed by atoms with Crippen LogP contribution in [0.25, 0.3) is 11.4 Å². The summed E-state index contributed by atoms with van der Waals surface area (Å²) in [4.78, 5) is 23.7. The van der Waals surface area contributed by atoms with Crippen LogP contribution in [0, 0.1) is 0 Å². The lowest BCUT2D eigenvalue weighted by atomic mass is 9.87. The fourth-order valence-electron chi connectivity index (χ4n) is 3.98. The van der Waals surface area contributed by atoms with Crippen LogP contribution < -0.4 is 0 Å². The number of ether oxygens (including phenoxy) is 1. The van der Waals surface area contributed by atoms with Crippen molar-refractivity contribution in [3.8, 4) is 11.4 Å². The normalized spacial score (nSPS) is 16.6. The van der Waals surface area contributed by atoms with Gasteiger partial charge in [0.15, 0.2) is 5.82 Å². The molecule has 0 atom stereocenters. The van der Waals surface area contributed by atoms with Crippen LogP contribution in [-0.2, 0) is 28.2 Å². The second kappa shape index (κ2) is 6.84. The van der Waals surface area contributed by atoms with Gasteiger partial charge in [0, 0.05) is 23.7 Å². The van der Waals surface area contributed by atoms with Crippen LogP contribution in [0.5, 0.6) is 0 Å². The van der Waals surface area contributed by atoms with E-state index < -0.39 is 5.60 Å². The summed E-state index contributed by atoms with van der Waals surface area (Å²) in [5.74, 6) is 0.892. The Kier molecular flexibility index (Phi) is 4.17. The maximum absolute atomic E-state index is 12.5. The Morgan fingerprint density at radius 3 is 2.50 bits per heavy atom. The van der Waals surface area contributed by atoms with Crippen molar-refractivity contribution in [2.45, 2.75) is 25.0 Å². The van der Waals surface area contributed by atoms with E-state index in [-0.39, 0.29) is 5.91 Å². The Hall–Kier alpha value is -3.05. The highest BCUT2D eigenvalue weighted by atomic mass is 16.5. The summed E-state index contributed by atoms with van der Waals surface area (Å²) in [6.07, 6.45) is 3.17. The topological polar surface area (TPSA) is 55.3 Å². The largest absolute Gasteiger partial charge is 0.360 e. The quantitative estimate of drug-likeness (QED) is 0.706. The number of benzene rings is 2. The summed E-state index contributed by atoms with van der Waals surface area (Å²) in [5.41, 5.74) is 3.73. The molecule has 3 aromatic rings. The molecular formula is C23H21N3O2. The summed E-state index contributed by atoms with van der Waals surface area (Å²) in [6.45, 7) is 1.65. The minimum absolute atomic E-state index is 0.174. The zero-order valence-corrected chi connectivity index (χ0v) is 15.5. The predicted octanol–water partition coefficient (Wildman–Crippen LogP) is 3.34. The molecule has 0 aliphatic carbocycles. The number of hydrogen-bond acceptors (Lipinski definition) is 4. The van der Waals surface area contributed by atoms with Crippen molar-refractivity contribution in [2.24, 2.45) is 0 Å². The predicted molar refractivity (Wildman–Crippen MR) is 105 cm³/mol. The van der Waals surface area contributed by atoms with Gasteiger partial charge in [0.05, 0.1) is 25.4 Å². The number of fused-ring (bicyclic) bond motifs is 2. The minimum atomic E-state index is -0.424. The van der Waals surface area contributed by atoms with E-state index in [9.17, 15) is 4.79 Å². The highest BCUT2D eigenvalue weighted by Crippen LogP contribution is 2.43. The molecule has 1 fully saturated rings. The molecule has 0 radical (unpaired) electrons. The third-order valence-corrected chi connectivity index (χ3v) is 5.59. The Bertz CT molecular complexity index is 999. The van der Waals surface area contributed by atoms with Crippen LogP contribution in [0.15, 0.2) is 66.9 Å². The Morgan fingerprint density at radius 2 is 1.75 bits per heavy atom. The third-order valence-electron chi connectivity index (χ3n) is 5.59. The molecule has 2 aliphatic heterocycles. The number of hydrogen-bond donors (Lipinski definition) is 0. The van der Waals surface area contributed by atoms with E-state index in [1.54, 1.807) is 0 Å². The smallest absolute Gasteiger partial charge is 0.223 e. The Morgan fingerprint density at radius 1 is 1.04 bits per heavy atom. The first-order chi connectivity index (χ1) is 13.7. The van der Waals surface area contributed by atoms with Crippen LogP contribution in [0.4, 0.5) is 0 Å². The molecule has 28 heavy (non-hydrogen) atoms. The number of amides is 1. The molecule has 0 bridgehead atoms. The Balaban J connectivity index is 1.25. The number of likely N-dealkylation sites (tertiary alicyclic amines) is 1. The van der Waals surface area contributed by atoms with Gasteiger partial charge in [-0.2, -0.15) is 0 Å². The van der Waals surface area contributed by atoms with Gasteiger partial charge >= 0.3 is 0 Å². The average Bonchev–Trinajstić information content (AvgIpc) is 3.11. The summed E-state index contributed by atoms with van der Waals surface area (Å²) in [7, 11) is 0. The molecule has 5 heteroatoms. The standard InChI is InChI=1S/C23H21N3O2/c27-21(12-11-17-7-3-1-4-8-17)26-15-23(16-26)19-13-24-22(25-20(19)14-28-23)18-9-5-2-6-10-18/h1-10,13H,11-12,14-16H2. The summed E-state index contributed by atoms with van der Waals surface area (Å²) >= 11 is 0. The third kappa shape index (κ3) is 2.98. The van der Waals surface area contributed by atoms with Crippen molar-refractivity contribution in [1.29, 1.82) is 0 Å². The second-order valence-electron chi connectivity index (χ2n) is 7.44. The van der Waals surface area contributed by atoms with E-state index in [1.807, 2.05) is 59.6 Å². The van der Waals surface area contributed by atoms with Crippen molar-refractivity contribution in [3.05, 3.63) is 83.7 Å². The maximum Gasteiger partial charge on any atom is 0.223 e. The number of rotatable bonds is 4. The van der Waals surface area contributed by atoms with Crippen molar-refractivity contribution in [1.82, 2.24) is 14.9 Å². The average molecular weight is 371 g/mol. The van der Waals surface area contributed by atoms with Gasteiger partial charge in [-0.3, -0.25) is 4.79 Å². The van der Waals surface area contributed by atoms with E-state index in [2.05, 4.69) is 17.1 Å². The Labute approximate surface area is 164 Å². The number of aryl methyl sites for hydroxylation is 1.